The molecule has 7 heteroatoms. The summed E-state index contributed by atoms with van der Waals surface area (Å²) in [6.07, 6.45) is -5.13. The van der Waals surface area contributed by atoms with E-state index in [1.54, 1.807) is 20.9 Å². The van der Waals surface area contributed by atoms with Gasteiger partial charge in [0.25, 0.3) is 0 Å². The minimum absolute atomic E-state index is 0.0131. The summed E-state index contributed by atoms with van der Waals surface area (Å²) >= 11 is 0. The van der Waals surface area contributed by atoms with Crippen LogP contribution in [-0.2, 0) is 9.53 Å². The first-order valence-corrected chi connectivity index (χ1v) is 5.78. The van der Waals surface area contributed by atoms with Crippen LogP contribution in [0.1, 0.15) is 33.1 Å². The summed E-state index contributed by atoms with van der Waals surface area (Å²) < 4.78 is 40.9. The van der Waals surface area contributed by atoms with E-state index in [0.717, 1.165) is 0 Å². The Labute approximate surface area is 105 Å². The van der Waals surface area contributed by atoms with Crippen LogP contribution in [0.25, 0.3) is 0 Å². The normalized spacial score (nSPS) is 17.2. The smallest absolute Gasteiger partial charge is 0.378 e. The summed E-state index contributed by atoms with van der Waals surface area (Å²) in [7, 11) is 1.60. The Hall–Kier alpha value is -0.820. The lowest BCUT2D eigenvalue weighted by Gasteiger charge is -2.28. The van der Waals surface area contributed by atoms with E-state index in [-0.39, 0.29) is 19.1 Å². The average Bonchev–Trinajstić information content (AvgIpc) is 2.22. The second kappa shape index (κ2) is 6.94. The fourth-order valence-electron chi connectivity index (χ4n) is 1.52. The van der Waals surface area contributed by atoms with Crippen molar-refractivity contribution in [2.75, 3.05) is 13.7 Å². The van der Waals surface area contributed by atoms with E-state index in [1.165, 1.54) is 0 Å². The lowest BCUT2D eigenvalue weighted by Crippen LogP contribution is -2.53. The molecule has 2 unspecified atom stereocenters. The Kier molecular flexibility index (Phi) is 6.62. The van der Waals surface area contributed by atoms with E-state index in [1.807, 2.05) is 0 Å². The summed E-state index contributed by atoms with van der Waals surface area (Å²) in [6, 6.07) is 0. The third-order valence-corrected chi connectivity index (χ3v) is 2.80. The van der Waals surface area contributed by atoms with Gasteiger partial charge in [-0.05, 0) is 27.3 Å². The van der Waals surface area contributed by atoms with Crippen molar-refractivity contribution in [1.29, 1.82) is 0 Å². The number of halogens is 3. The third kappa shape index (κ3) is 6.80. The number of nitrogens with one attached hydrogen (secondary N) is 1. The molecule has 0 aromatic carbocycles. The molecule has 0 fully saturated rings. The van der Waals surface area contributed by atoms with Gasteiger partial charge in [0, 0.05) is 19.4 Å². The minimum Gasteiger partial charge on any atom is -0.378 e. The Morgan fingerprint density at radius 3 is 2.39 bits per heavy atom. The van der Waals surface area contributed by atoms with Gasteiger partial charge in [-0.15, -0.1) is 0 Å². The van der Waals surface area contributed by atoms with E-state index in [0.29, 0.717) is 6.42 Å². The molecule has 1 amide bonds. The molecule has 0 aliphatic rings. The number of carbonyl (C=O) groups is 1. The van der Waals surface area contributed by atoms with Crippen molar-refractivity contribution in [2.45, 2.75) is 50.9 Å². The highest BCUT2D eigenvalue weighted by molar-refractivity contribution is 5.84. The van der Waals surface area contributed by atoms with Crippen molar-refractivity contribution < 1.29 is 22.7 Å². The van der Waals surface area contributed by atoms with Crippen LogP contribution in [0.2, 0.25) is 0 Å². The number of ether oxygens (including phenoxy) is 1. The van der Waals surface area contributed by atoms with Gasteiger partial charge in [-0.1, -0.05) is 0 Å². The van der Waals surface area contributed by atoms with Crippen molar-refractivity contribution in [3.05, 3.63) is 0 Å². The van der Waals surface area contributed by atoms with E-state index < -0.39 is 24.0 Å². The maximum atomic E-state index is 11.9. The molecule has 3 N–H and O–H groups in total. The van der Waals surface area contributed by atoms with Gasteiger partial charge in [-0.2, -0.15) is 13.2 Å². The predicted molar refractivity (Wildman–Crippen MR) is 62.0 cm³/mol. The highest BCUT2D eigenvalue weighted by atomic mass is 19.4. The Balaban J connectivity index is 3.97. The summed E-state index contributed by atoms with van der Waals surface area (Å²) in [6.45, 7) is 3.34. The summed E-state index contributed by atoms with van der Waals surface area (Å²) in [4.78, 5) is 11.2. The molecule has 0 heterocycles. The quantitative estimate of drug-likeness (QED) is 0.658. The SMILES string of the molecule is CNC(C)(CC(C)OCCCC(F)(F)F)C(N)=O. The van der Waals surface area contributed by atoms with E-state index in [4.69, 9.17) is 10.5 Å². The Bertz CT molecular complexity index is 272. The molecule has 108 valence electrons. The second-order valence-electron chi connectivity index (χ2n) is 4.55. The van der Waals surface area contributed by atoms with Crippen LogP contribution < -0.4 is 11.1 Å². The Morgan fingerprint density at radius 2 is 2.00 bits per heavy atom. The van der Waals surface area contributed by atoms with Crippen molar-refractivity contribution in [3.8, 4) is 0 Å². The lowest BCUT2D eigenvalue weighted by molar-refractivity contribution is -0.139. The number of hydrogen-bond donors (Lipinski definition) is 2. The molecule has 18 heavy (non-hydrogen) atoms. The van der Waals surface area contributed by atoms with Gasteiger partial charge >= 0.3 is 6.18 Å². The summed E-state index contributed by atoms with van der Waals surface area (Å²) in [5.41, 5.74) is 4.32. The molecule has 0 aliphatic heterocycles. The number of nitrogens with two attached hydrogens (primary N) is 1. The highest BCUT2D eigenvalue weighted by Gasteiger charge is 2.31. The van der Waals surface area contributed by atoms with Crippen LogP contribution in [0.4, 0.5) is 13.2 Å². The van der Waals surface area contributed by atoms with Crippen LogP contribution in [0.15, 0.2) is 0 Å². The van der Waals surface area contributed by atoms with Crippen molar-refractivity contribution in [1.82, 2.24) is 5.32 Å². The van der Waals surface area contributed by atoms with E-state index in [2.05, 4.69) is 5.32 Å². The topological polar surface area (TPSA) is 64.3 Å². The fraction of sp³-hybridized carbons (Fsp3) is 0.909. The van der Waals surface area contributed by atoms with Gasteiger partial charge in [0.15, 0.2) is 0 Å². The number of hydrogen-bond acceptors (Lipinski definition) is 3. The molecular weight excluding hydrogens is 249 g/mol. The number of amides is 1. The highest BCUT2D eigenvalue weighted by Crippen LogP contribution is 2.21. The first-order valence-electron chi connectivity index (χ1n) is 5.78. The van der Waals surface area contributed by atoms with Gasteiger partial charge in [0.1, 0.15) is 0 Å². The van der Waals surface area contributed by atoms with Crippen molar-refractivity contribution in [3.63, 3.8) is 0 Å². The maximum Gasteiger partial charge on any atom is 0.389 e. The molecule has 0 aliphatic carbocycles. The largest absolute Gasteiger partial charge is 0.389 e. The van der Waals surface area contributed by atoms with Crippen LogP contribution in [0.5, 0.6) is 0 Å². The van der Waals surface area contributed by atoms with Gasteiger partial charge < -0.3 is 15.8 Å². The average molecular weight is 270 g/mol. The first kappa shape index (κ1) is 17.2. The van der Waals surface area contributed by atoms with Gasteiger partial charge in [0.2, 0.25) is 5.91 Å². The maximum absolute atomic E-state index is 11.9. The molecule has 0 saturated heterocycles. The zero-order chi connectivity index (χ0) is 14.4. The lowest BCUT2D eigenvalue weighted by atomic mass is 9.94. The summed E-state index contributed by atoms with van der Waals surface area (Å²) in [5, 5.41) is 2.79. The third-order valence-electron chi connectivity index (χ3n) is 2.80. The molecule has 0 rings (SSSR count). The predicted octanol–water partition coefficient (Wildman–Crippen LogP) is 1.59. The van der Waals surface area contributed by atoms with Crippen LogP contribution in [0, 0.1) is 0 Å². The number of carbonyl (C=O) groups excluding carboxylic acids is 1. The summed E-state index contributed by atoms with van der Waals surface area (Å²) in [5.74, 6) is -0.518. The molecular formula is C11H21F3N2O2. The van der Waals surface area contributed by atoms with Crippen LogP contribution >= 0.6 is 0 Å². The number of primary amides is 1. The molecule has 0 aromatic rings. The zero-order valence-corrected chi connectivity index (χ0v) is 10.9. The van der Waals surface area contributed by atoms with Gasteiger partial charge in [0.05, 0.1) is 11.6 Å². The number of alkyl halides is 3. The molecule has 4 nitrogen and oxygen atoms in total. The van der Waals surface area contributed by atoms with Crippen molar-refractivity contribution >= 4 is 5.91 Å². The Morgan fingerprint density at radius 1 is 1.44 bits per heavy atom. The molecule has 2 atom stereocenters. The molecule has 0 radical (unpaired) electrons. The number of rotatable bonds is 8. The van der Waals surface area contributed by atoms with Crippen LogP contribution in [-0.4, -0.2) is 37.4 Å². The van der Waals surface area contributed by atoms with Gasteiger partial charge in [-0.3, -0.25) is 4.79 Å². The zero-order valence-electron chi connectivity index (χ0n) is 10.9. The number of likely N-dealkylation sites (N-methyl/N-ethyl adjacent to an activating group) is 1. The fourth-order valence-corrected chi connectivity index (χ4v) is 1.52. The molecule has 0 saturated carbocycles. The molecule has 0 bridgehead atoms. The standard InChI is InChI=1S/C11H21F3N2O2/c1-8(7-10(2,16-3)9(15)17)18-6-4-5-11(12,13)14/h8,16H,4-7H2,1-3H3,(H2,15,17). The first-order chi connectivity index (χ1) is 8.10. The van der Waals surface area contributed by atoms with E-state index in [9.17, 15) is 18.0 Å². The van der Waals surface area contributed by atoms with Gasteiger partial charge in [-0.25, -0.2) is 0 Å². The molecule has 0 spiro atoms. The van der Waals surface area contributed by atoms with Crippen LogP contribution in [0.3, 0.4) is 0 Å². The monoisotopic (exact) mass is 270 g/mol. The molecule has 0 aromatic heterocycles. The minimum atomic E-state index is -4.15. The van der Waals surface area contributed by atoms with Crippen molar-refractivity contribution in [2.24, 2.45) is 5.73 Å². The van der Waals surface area contributed by atoms with E-state index >= 15 is 0 Å². The second-order valence-corrected chi connectivity index (χ2v) is 4.55.